The van der Waals surface area contributed by atoms with Crippen LogP contribution in [0.25, 0.3) is 0 Å². The van der Waals surface area contributed by atoms with Crippen molar-refractivity contribution in [1.29, 1.82) is 0 Å². The van der Waals surface area contributed by atoms with Gasteiger partial charge in [-0.3, -0.25) is 0 Å². The molecule has 5 nitrogen and oxygen atoms in total. The minimum Gasteiger partial charge on any atom is -0.496 e. The standard InChI is InChI=1S/C18H16F2N4O/c1-25-16-5-3-2-4-12(16)11-22-17-8-9-21-18(24-17)23-13-6-7-14(19)15(20)10-13/h2-10H,11H2,1H3,(H2,21,22,23,24). The fourth-order valence-corrected chi connectivity index (χ4v) is 2.26. The number of hydrogen-bond donors (Lipinski definition) is 2. The van der Waals surface area contributed by atoms with Gasteiger partial charge < -0.3 is 15.4 Å². The van der Waals surface area contributed by atoms with E-state index in [4.69, 9.17) is 4.74 Å². The predicted octanol–water partition coefficient (Wildman–Crippen LogP) is 4.12. The van der Waals surface area contributed by atoms with Crippen LogP contribution in [-0.4, -0.2) is 17.1 Å². The molecular weight excluding hydrogens is 326 g/mol. The Morgan fingerprint density at radius 1 is 1.04 bits per heavy atom. The zero-order chi connectivity index (χ0) is 17.6. The normalized spacial score (nSPS) is 10.4. The Balaban J connectivity index is 1.70. The minimum atomic E-state index is -0.935. The van der Waals surface area contributed by atoms with Crippen molar-refractivity contribution in [3.8, 4) is 5.75 Å². The van der Waals surface area contributed by atoms with Gasteiger partial charge in [0.15, 0.2) is 11.6 Å². The van der Waals surface area contributed by atoms with Crippen molar-refractivity contribution in [2.24, 2.45) is 0 Å². The number of anilines is 3. The van der Waals surface area contributed by atoms with Crippen LogP contribution in [0.15, 0.2) is 54.7 Å². The van der Waals surface area contributed by atoms with Gasteiger partial charge >= 0.3 is 0 Å². The molecule has 0 aliphatic heterocycles. The molecule has 128 valence electrons. The molecular formula is C18H16F2N4O. The van der Waals surface area contributed by atoms with Gasteiger partial charge in [-0.15, -0.1) is 0 Å². The summed E-state index contributed by atoms with van der Waals surface area (Å²) in [4.78, 5) is 8.37. The van der Waals surface area contributed by atoms with Gasteiger partial charge in [-0.2, -0.15) is 4.98 Å². The molecule has 0 amide bonds. The second kappa shape index (κ2) is 7.57. The number of ether oxygens (including phenoxy) is 1. The van der Waals surface area contributed by atoms with Crippen molar-refractivity contribution in [3.63, 3.8) is 0 Å². The van der Waals surface area contributed by atoms with Crippen LogP contribution in [0.2, 0.25) is 0 Å². The molecule has 0 aliphatic rings. The van der Waals surface area contributed by atoms with Gasteiger partial charge in [0.05, 0.1) is 7.11 Å². The van der Waals surface area contributed by atoms with E-state index < -0.39 is 11.6 Å². The number of nitrogens with one attached hydrogen (secondary N) is 2. The van der Waals surface area contributed by atoms with Gasteiger partial charge in [0.25, 0.3) is 0 Å². The molecule has 0 spiro atoms. The van der Waals surface area contributed by atoms with E-state index >= 15 is 0 Å². The van der Waals surface area contributed by atoms with Gasteiger partial charge in [-0.05, 0) is 24.3 Å². The molecule has 0 aliphatic carbocycles. The summed E-state index contributed by atoms with van der Waals surface area (Å²) in [6.07, 6.45) is 1.57. The van der Waals surface area contributed by atoms with Gasteiger partial charge in [0.1, 0.15) is 11.6 Å². The van der Waals surface area contributed by atoms with Crippen LogP contribution in [-0.2, 0) is 6.54 Å². The molecule has 1 aromatic heterocycles. The van der Waals surface area contributed by atoms with E-state index in [2.05, 4.69) is 20.6 Å². The lowest BCUT2D eigenvalue weighted by molar-refractivity contribution is 0.410. The maximum Gasteiger partial charge on any atom is 0.229 e. The fraction of sp³-hybridized carbons (Fsp3) is 0.111. The Bertz CT molecular complexity index is 873. The lowest BCUT2D eigenvalue weighted by atomic mass is 10.2. The molecule has 1 heterocycles. The SMILES string of the molecule is COc1ccccc1CNc1ccnc(Nc2ccc(F)c(F)c2)n1. The van der Waals surface area contributed by atoms with Gasteiger partial charge in [-0.1, -0.05) is 18.2 Å². The summed E-state index contributed by atoms with van der Waals surface area (Å²) in [6.45, 7) is 0.519. The molecule has 2 aromatic carbocycles. The number of methoxy groups -OCH3 is 1. The number of hydrogen-bond acceptors (Lipinski definition) is 5. The Morgan fingerprint density at radius 3 is 2.68 bits per heavy atom. The topological polar surface area (TPSA) is 59.1 Å². The fourth-order valence-electron chi connectivity index (χ4n) is 2.26. The largest absolute Gasteiger partial charge is 0.496 e. The van der Waals surface area contributed by atoms with E-state index in [1.165, 1.54) is 6.07 Å². The number of benzene rings is 2. The Labute approximate surface area is 143 Å². The number of halogens is 2. The maximum absolute atomic E-state index is 13.3. The molecule has 0 atom stereocenters. The number of nitrogens with zero attached hydrogens (tertiary/aromatic N) is 2. The monoisotopic (exact) mass is 342 g/mol. The molecule has 0 unspecified atom stereocenters. The summed E-state index contributed by atoms with van der Waals surface area (Å²) in [5.41, 5.74) is 1.35. The van der Waals surface area contributed by atoms with Crippen LogP contribution in [0.1, 0.15) is 5.56 Å². The average molecular weight is 342 g/mol. The molecule has 0 bridgehead atoms. The van der Waals surface area contributed by atoms with Crippen LogP contribution in [0.3, 0.4) is 0 Å². The first kappa shape index (κ1) is 16.6. The smallest absolute Gasteiger partial charge is 0.229 e. The molecule has 0 saturated carbocycles. The zero-order valence-electron chi connectivity index (χ0n) is 13.5. The summed E-state index contributed by atoms with van der Waals surface area (Å²) >= 11 is 0. The van der Waals surface area contributed by atoms with E-state index in [0.717, 1.165) is 23.4 Å². The van der Waals surface area contributed by atoms with E-state index in [9.17, 15) is 8.78 Å². The quantitative estimate of drug-likeness (QED) is 0.706. The maximum atomic E-state index is 13.3. The highest BCUT2D eigenvalue weighted by atomic mass is 19.2. The molecule has 2 N–H and O–H groups in total. The third-order valence-electron chi connectivity index (χ3n) is 3.48. The van der Waals surface area contributed by atoms with E-state index in [0.29, 0.717) is 18.1 Å². The third kappa shape index (κ3) is 4.20. The van der Waals surface area contributed by atoms with Crippen molar-refractivity contribution in [3.05, 3.63) is 71.9 Å². The lowest BCUT2D eigenvalue weighted by Gasteiger charge is -2.11. The summed E-state index contributed by atoms with van der Waals surface area (Å²) in [5, 5.41) is 6.02. The summed E-state index contributed by atoms with van der Waals surface area (Å²) in [5.74, 6) is -0.194. The molecule has 25 heavy (non-hydrogen) atoms. The number of aromatic nitrogens is 2. The summed E-state index contributed by atoms with van der Waals surface area (Å²) < 4.78 is 31.5. The zero-order valence-corrected chi connectivity index (χ0v) is 13.5. The van der Waals surface area contributed by atoms with Crippen molar-refractivity contribution in [1.82, 2.24) is 9.97 Å². The lowest BCUT2D eigenvalue weighted by Crippen LogP contribution is -2.05. The van der Waals surface area contributed by atoms with Crippen molar-refractivity contribution >= 4 is 17.5 Å². The molecule has 0 radical (unpaired) electrons. The highest BCUT2D eigenvalue weighted by Gasteiger charge is 2.06. The summed E-state index contributed by atoms with van der Waals surface area (Å²) in [7, 11) is 1.62. The first-order valence-electron chi connectivity index (χ1n) is 7.56. The highest BCUT2D eigenvalue weighted by molar-refractivity contribution is 5.54. The van der Waals surface area contributed by atoms with Crippen LogP contribution < -0.4 is 15.4 Å². The van der Waals surface area contributed by atoms with Crippen LogP contribution >= 0.6 is 0 Å². The second-order valence-electron chi connectivity index (χ2n) is 5.18. The Kier molecular flexibility index (Phi) is 5.03. The van der Waals surface area contributed by atoms with Gasteiger partial charge in [0, 0.05) is 30.1 Å². The Morgan fingerprint density at radius 2 is 1.88 bits per heavy atom. The number of para-hydroxylation sites is 1. The third-order valence-corrected chi connectivity index (χ3v) is 3.48. The summed E-state index contributed by atoms with van der Waals surface area (Å²) in [6, 6.07) is 12.9. The van der Waals surface area contributed by atoms with Crippen LogP contribution in [0.4, 0.5) is 26.2 Å². The van der Waals surface area contributed by atoms with Crippen molar-refractivity contribution < 1.29 is 13.5 Å². The molecule has 0 fully saturated rings. The highest BCUT2D eigenvalue weighted by Crippen LogP contribution is 2.20. The average Bonchev–Trinajstić information content (AvgIpc) is 2.63. The van der Waals surface area contributed by atoms with E-state index in [1.54, 1.807) is 19.4 Å². The predicted molar refractivity (Wildman–Crippen MR) is 92.0 cm³/mol. The van der Waals surface area contributed by atoms with E-state index in [1.807, 2.05) is 24.3 Å². The number of rotatable bonds is 6. The van der Waals surface area contributed by atoms with E-state index in [-0.39, 0.29) is 5.95 Å². The minimum absolute atomic E-state index is 0.274. The molecule has 7 heteroatoms. The van der Waals surface area contributed by atoms with Crippen molar-refractivity contribution in [2.75, 3.05) is 17.7 Å². The van der Waals surface area contributed by atoms with Crippen LogP contribution in [0.5, 0.6) is 5.75 Å². The first-order chi connectivity index (χ1) is 12.2. The van der Waals surface area contributed by atoms with Crippen LogP contribution in [0, 0.1) is 11.6 Å². The molecule has 3 aromatic rings. The van der Waals surface area contributed by atoms with Crippen molar-refractivity contribution in [2.45, 2.75) is 6.54 Å². The molecule has 0 saturated heterocycles. The Hall–Kier alpha value is -3.22. The molecule has 3 rings (SSSR count). The first-order valence-corrected chi connectivity index (χ1v) is 7.56. The second-order valence-corrected chi connectivity index (χ2v) is 5.18. The van der Waals surface area contributed by atoms with Gasteiger partial charge in [-0.25, -0.2) is 13.8 Å². The van der Waals surface area contributed by atoms with Gasteiger partial charge in [0.2, 0.25) is 5.95 Å².